The number of methoxy groups -OCH3 is 1. The van der Waals surface area contributed by atoms with Gasteiger partial charge in [0, 0.05) is 53.9 Å². The Labute approximate surface area is 538 Å². The minimum absolute atomic E-state index is 0.00465. The molecule has 3 aromatic heterocycles. The van der Waals surface area contributed by atoms with Gasteiger partial charge in [-0.25, -0.2) is 33.9 Å². The number of nitrogens with zero attached hydrogens (tertiary/aromatic N) is 7. The molecule has 4 heterocycles. The molecule has 472 valence electrons. The number of amides is 2. The Morgan fingerprint density at radius 3 is 2.40 bits per heavy atom. The highest BCUT2D eigenvalue weighted by atomic mass is 35.5. The highest BCUT2D eigenvalue weighted by Crippen LogP contribution is 2.49. The Morgan fingerprint density at radius 1 is 0.890 bits per heavy atom. The number of hydrogen-bond donors (Lipinski definition) is 4. The van der Waals surface area contributed by atoms with Crippen molar-refractivity contribution in [3.05, 3.63) is 161 Å². The first-order chi connectivity index (χ1) is 44.1. The van der Waals surface area contributed by atoms with Crippen molar-refractivity contribution in [2.45, 2.75) is 58.0 Å². The lowest BCUT2D eigenvalue weighted by atomic mass is 9.96. The second-order valence-electron chi connectivity index (χ2n) is 22.1. The second-order valence-corrected chi connectivity index (χ2v) is 23.5. The summed E-state index contributed by atoms with van der Waals surface area (Å²) in [6, 6.07) is 31.6. The summed E-state index contributed by atoms with van der Waals surface area (Å²) in [5.74, 6) is 5.14. The average Bonchev–Trinajstić information content (AvgIpc) is 1.63. The lowest BCUT2D eigenvalue weighted by molar-refractivity contribution is -0.926. The van der Waals surface area contributed by atoms with Gasteiger partial charge in [-0.2, -0.15) is 0 Å². The number of ether oxygens (including phenoxy) is 5. The fraction of sp³-hybridized carbons (Fsp3) is 0.319. The molecule has 0 spiro atoms. The van der Waals surface area contributed by atoms with Gasteiger partial charge >= 0.3 is 12.1 Å². The smallest absolute Gasteiger partial charge is 0.411 e. The van der Waals surface area contributed by atoms with Crippen LogP contribution in [0.5, 0.6) is 23.1 Å². The normalized spacial score (nSPS) is 13.5. The third-order valence-electron chi connectivity index (χ3n) is 15.9. The molecule has 1 saturated heterocycles. The van der Waals surface area contributed by atoms with Crippen LogP contribution in [0.15, 0.2) is 122 Å². The maximum atomic E-state index is 14.5. The maximum absolute atomic E-state index is 14.5. The lowest BCUT2D eigenvalue weighted by Gasteiger charge is -2.42. The molecule has 1 aliphatic heterocycles. The molecule has 19 nitrogen and oxygen atoms in total. The largest absolute Gasteiger partial charge is 0.496 e. The highest BCUT2D eigenvalue weighted by molar-refractivity contribution is 7.22. The maximum Gasteiger partial charge on any atom is 0.411 e. The van der Waals surface area contributed by atoms with Crippen molar-refractivity contribution in [1.82, 2.24) is 40.4 Å². The number of fused-ring (bicyclic) bond motifs is 1. The van der Waals surface area contributed by atoms with E-state index in [4.69, 9.17) is 53.1 Å². The Hall–Kier alpha value is -9.19. The van der Waals surface area contributed by atoms with Crippen LogP contribution in [0.25, 0.3) is 43.2 Å². The van der Waals surface area contributed by atoms with Crippen LogP contribution >= 0.6 is 22.9 Å². The number of thiophene rings is 1. The van der Waals surface area contributed by atoms with Gasteiger partial charge in [0.15, 0.2) is 12.4 Å². The first kappa shape index (κ1) is 66.2. The number of likely N-dealkylation sites (N-methyl/N-ethyl adjacent to an activating group) is 2. The number of anilines is 1. The van der Waals surface area contributed by atoms with Crippen molar-refractivity contribution in [3.63, 3.8) is 0 Å². The number of aromatic nitrogens is 4. The van der Waals surface area contributed by atoms with Crippen molar-refractivity contribution in [2.24, 2.45) is 0 Å². The van der Waals surface area contributed by atoms with Crippen LogP contribution in [-0.4, -0.2) is 157 Å². The van der Waals surface area contributed by atoms with Crippen LogP contribution in [0.4, 0.5) is 14.9 Å². The van der Waals surface area contributed by atoms with E-state index in [1.54, 1.807) is 62.8 Å². The van der Waals surface area contributed by atoms with E-state index in [1.807, 2.05) is 68.6 Å². The zero-order valence-corrected chi connectivity index (χ0v) is 53.0. The minimum Gasteiger partial charge on any atom is -0.496 e. The zero-order valence-electron chi connectivity index (χ0n) is 51.5. The summed E-state index contributed by atoms with van der Waals surface area (Å²) in [5.41, 5.74) is 6.99. The third kappa shape index (κ3) is 16.8. The Kier molecular flexibility index (Phi) is 22.9. The van der Waals surface area contributed by atoms with Gasteiger partial charge in [0.1, 0.15) is 54.0 Å². The molecule has 0 bridgehead atoms. The van der Waals surface area contributed by atoms with E-state index in [0.29, 0.717) is 113 Å². The van der Waals surface area contributed by atoms with Crippen molar-refractivity contribution in [2.75, 3.05) is 92.6 Å². The molecule has 2 unspecified atom stereocenters. The van der Waals surface area contributed by atoms with E-state index in [2.05, 4.69) is 54.7 Å². The number of hydrogen-bond acceptors (Lipinski definition) is 16. The van der Waals surface area contributed by atoms with Gasteiger partial charge in [-0.3, -0.25) is 14.6 Å². The van der Waals surface area contributed by atoms with E-state index >= 15 is 0 Å². The van der Waals surface area contributed by atoms with Crippen LogP contribution in [0.3, 0.4) is 0 Å². The Bertz CT molecular complexity index is 3940. The van der Waals surface area contributed by atoms with Gasteiger partial charge in [0.05, 0.1) is 68.0 Å². The summed E-state index contributed by atoms with van der Waals surface area (Å²) in [7, 11) is 7.44. The van der Waals surface area contributed by atoms with E-state index in [1.165, 1.54) is 34.7 Å². The number of halogens is 2. The number of rotatable bonds is 29. The molecule has 91 heavy (non-hydrogen) atoms. The van der Waals surface area contributed by atoms with Gasteiger partial charge < -0.3 is 49.2 Å². The number of terminal acetylenes is 2. The number of nitrogens with one attached hydrogen (secondary N) is 3. The molecule has 2 atom stereocenters. The molecule has 0 radical (unpaired) electrons. The summed E-state index contributed by atoms with van der Waals surface area (Å²) in [5, 5.41) is 20.9. The molecular weight excluding hydrogens is 1200 g/mol. The summed E-state index contributed by atoms with van der Waals surface area (Å²) in [6.07, 6.45) is 13.4. The second kappa shape index (κ2) is 31.5. The van der Waals surface area contributed by atoms with Crippen molar-refractivity contribution < 1.29 is 52.0 Å². The van der Waals surface area contributed by atoms with Crippen LogP contribution in [0.1, 0.15) is 40.8 Å². The molecule has 8 aromatic rings. The number of aliphatic carboxylic acids is 1. The van der Waals surface area contributed by atoms with Crippen LogP contribution in [-0.2, 0) is 40.4 Å². The van der Waals surface area contributed by atoms with Crippen molar-refractivity contribution >= 4 is 56.8 Å². The van der Waals surface area contributed by atoms with Gasteiger partial charge in [0.25, 0.3) is 0 Å². The van der Waals surface area contributed by atoms with E-state index < -0.39 is 30.0 Å². The van der Waals surface area contributed by atoms with Crippen LogP contribution in [0, 0.1) is 37.4 Å². The summed E-state index contributed by atoms with van der Waals surface area (Å²) in [4.78, 5) is 63.2. The fourth-order valence-electron chi connectivity index (χ4n) is 10.9. The predicted octanol–water partition coefficient (Wildman–Crippen LogP) is 10.3. The van der Waals surface area contributed by atoms with E-state index in [0.717, 1.165) is 55.8 Å². The number of piperazine rings is 1. The van der Waals surface area contributed by atoms with Crippen LogP contribution < -0.4 is 34.9 Å². The summed E-state index contributed by atoms with van der Waals surface area (Å²) < 4.78 is 45.2. The standard InChI is InChI=1S/C69H72ClFN10O9S/c1-8-31-80(69(85)88-37-9-2)41-49-39-51(78-65(82)55(73-5)17-14-29-72-4)25-22-48(49)42-81(6)35-32-79(33-36-81)34-38-87-58-27-26-53(45(3)62(58)70)60-61-66(75-44-76-67(61)91-63(60)46-20-23-50(71)24-21-46)90-59(68(83)84)40-47-15-10-12-18-56(47)89-43-52-28-30-74-64(77-52)54-16-11-13-19-57(54)86-7/h1-2,10-13,15-16,18-28,30,39,44,55,59,72-73H,14,17,29,31-38,40-43H2,3-7H3,(H-,78,82,83,84)/p+1. The number of quaternary nitrogens is 1. The Morgan fingerprint density at radius 2 is 1.66 bits per heavy atom. The average molecular weight is 1270 g/mol. The van der Waals surface area contributed by atoms with Crippen LogP contribution in [0.2, 0.25) is 5.02 Å². The minimum atomic E-state index is -1.43. The van der Waals surface area contributed by atoms with E-state index in [-0.39, 0.29) is 44.5 Å². The van der Waals surface area contributed by atoms with Gasteiger partial charge in [-0.15, -0.1) is 24.2 Å². The predicted molar refractivity (Wildman–Crippen MR) is 351 cm³/mol. The Balaban J connectivity index is 0.894. The summed E-state index contributed by atoms with van der Waals surface area (Å²) in [6.45, 7) is 7.47. The number of carbonyl (C=O) groups excluding carboxylic acids is 2. The molecule has 0 aliphatic carbocycles. The number of benzene rings is 5. The molecule has 1 fully saturated rings. The SMILES string of the molecule is C#CCOC(=O)N(CC#C)Cc1cc(NC(=O)C(CCCNC)NC)ccc1C[N+]1(C)CCN(CCOc2ccc(-c3c(-c4ccc(F)cc4)sc4ncnc(OC(Cc5ccccc5OCc5ccnc(-c6ccccc6OC)n5)C(=O)O)c34)c(C)c2Cl)CC1. The highest BCUT2D eigenvalue weighted by Gasteiger charge is 2.32. The fourth-order valence-corrected chi connectivity index (χ4v) is 12.3. The molecular formula is C69H73ClFN10O9S+. The molecule has 22 heteroatoms. The molecule has 4 N–H and O–H groups in total. The first-order valence-electron chi connectivity index (χ1n) is 29.7. The first-order valence-corrected chi connectivity index (χ1v) is 30.9. The van der Waals surface area contributed by atoms with Crippen molar-refractivity contribution in [1.29, 1.82) is 0 Å². The number of carboxylic acids is 1. The monoisotopic (exact) mass is 1270 g/mol. The van der Waals surface area contributed by atoms with Gasteiger partial charge in [-0.05, 0) is 123 Å². The molecule has 0 saturated carbocycles. The topological polar surface area (TPSA) is 212 Å². The number of carboxylic acid groups (broad SMARTS) is 1. The van der Waals surface area contributed by atoms with Crippen molar-refractivity contribution in [3.8, 4) is 80.8 Å². The summed E-state index contributed by atoms with van der Waals surface area (Å²) >= 11 is 8.60. The lowest BCUT2D eigenvalue weighted by Crippen LogP contribution is -2.57. The van der Waals surface area contributed by atoms with Gasteiger partial charge in [0.2, 0.25) is 17.9 Å². The molecule has 9 rings (SSSR count). The number of carbonyl (C=O) groups is 3. The quantitative estimate of drug-likeness (QED) is 0.0195. The molecule has 2 amide bonds. The third-order valence-corrected chi connectivity index (χ3v) is 17.5. The van der Waals surface area contributed by atoms with E-state index in [9.17, 15) is 23.9 Å². The molecule has 5 aromatic carbocycles. The van der Waals surface area contributed by atoms with Gasteiger partial charge in [-0.1, -0.05) is 78.0 Å². The molecule has 1 aliphatic rings. The number of para-hydroxylation sites is 2. The zero-order chi connectivity index (χ0) is 64.4.